The summed E-state index contributed by atoms with van der Waals surface area (Å²) >= 11 is 1.33. The van der Waals surface area contributed by atoms with Crippen LogP contribution in [0.5, 0.6) is 11.6 Å². The number of alkyl halides is 3. The molecule has 0 bridgehead atoms. The summed E-state index contributed by atoms with van der Waals surface area (Å²) in [7, 11) is 0. The van der Waals surface area contributed by atoms with Gasteiger partial charge in [-0.15, -0.1) is 11.3 Å². The van der Waals surface area contributed by atoms with Gasteiger partial charge in [0.15, 0.2) is 16.7 Å². The van der Waals surface area contributed by atoms with Crippen molar-refractivity contribution in [2.75, 3.05) is 10.2 Å². The van der Waals surface area contributed by atoms with E-state index in [1.165, 1.54) is 22.4 Å². The first-order valence-corrected chi connectivity index (χ1v) is 15.4. The van der Waals surface area contributed by atoms with Crippen molar-refractivity contribution >= 4 is 34.0 Å². The van der Waals surface area contributed by atoms with Gasteiger partial charge in [-0.25, -0.2) is 19.2 Å². The van der Waals surface area contributed by atoms with Gasteiger partial charge in [0, 0.05) is 48.1 Å². The number of benzene rings is 1. The van der Waals surface area contributed by atoms with Crippen LogP contribution in [-0.2, 0) is 17.4 Å². The molecule has 2 aromatic heterocycles. The predicted octanol–water partition coefficient (Wildman–Crippen LogP) is 8.17. The number of hydrogen-bond acceptors (Lipinski definition) is 7. The Hall–Kier alpha value is -3.74. The van der Waals surface area contributed by atoms with Crippen LogP contribution in [0.15, 0.2) is 29.8 Å². The number of amides is 1. The zero-order valence-electron chi connectivity index (χ0n) is 25.2. The standard InChI is InChI=1S/C31H36F4N4O4S/c1-16(2)37-30-38-21(15-44-30)10-19-11-23(31(33,34)35)27(36-14-19)43-26-12-22(29(41)42)25(13-24(26)32)39(17(3)4)28(40)20-8-6-18(5)7-9-20/h11-18,20H,6-10H2,1-5H3,(H,37,38)(H,41,42)/t18-,20-. The molecule has 44 heavy (non-hydrogen) atoms. The van der Waals surface area contributed by atoms with Gasteiger partial charge in [-0.2, -0.15) is 13.2 Å². The maximum absolute atomic E-state index is 15.5. The van der Waals surface area contributed by atoms with E-state index >= 15 is 4.39 Å². The normalized spacial score (nSPS) is 17.2. The Morgan fingerprint density at radius 2 is 1.82 bits per heavy atom. The number of aromatic nitrogens is 2. The van der Waals surface area contributed by atoms with Crippen LogP contribution in [0.25, 0.3) is 0 Å². The molecule has 1 aliphatic rings. The van der Waals surface area contributed by atoms with E-state index in [1.54, 1.807) is 19.2 Å². The third kappa shape index (κ3) is 7.85. The summed E-state index contributed by atoms with van der Waals surface area (Å²) in [5.74, 6) is -4.49. The lowest BCUT2D eigenvalue weighted by Crippen LogP contribution is -2.43. The van der Waals surface area contributed by atoms with E-state index < -0.39 is 46.8 Å². The minimum Gasteiger partial charge on any atom is -0.478 e. The molecule has 2 N–H and O–H groups in total. The Kier molecular flexibility index (Phi) is 10.2. The van der Waals surface area contributed by atoms with Gasteiger partial charge >= 0.3 is 12.1 Å². The Morgan fingerprint density at radius 3 is 2.41 bits per heavy atom. The van der Waals surface area contributed by atoms with E-state index in [0.717, 1.165) is 31.0 Å². The zero-order valence-corrected chi connectivity index (χ0v) is 26.0. The van der Waals surface area contributed by atoms with Gasteiger partial charge in [-0.1, -0.05) is 6.92 Å². The van der Waals surface area contributed by atoms with Crippen molar-refractivity contribution in [3.8, 4) is 11.6 Å². The monoisotopic (exact) mass is 636 g/mol. The minimum atomic E-state index is -4.91. The van der Waals surface area contributed by atoms with Crippen molar-refractivity contribution in [3.63, 3.8) is 0 Å². The van der Waals surface area contributed by atoms with Crippen molar-refractivity contribution in [2.24, 2.45) is 11.8 Å². The van der Waals surface area contributed by atoms with Crippen LogP contribution < -0.4 is 15.0 Å². The van der Waals surface area contributed by atoms with E-state index in [2.05, 4.69) is 22.2 Å². The summed E-state index contributed by atoms with van der Waals surface area (Å²) in [5, 5.41) is 15.5. The predicted molar refractivity (Wildman–Crippen MR) is 160 cm³/mol. The number of ether oxygens (including phenoxy) is 1. The molecule has 3 aromatic rings. The van der Waals surface area contributed by atoms with Crippen LogP contribution in [0.1, 0.15) is 87.5 Å². The highest BCUT2D eigenvalue weighted by atomic mass is 32.1. The lowest BCUT2D eigenvalue weighted by Gasteiger charge is -2.34. The molecule has 0 spiro atoms. The summed E-state index contributed by atoms with van der Waals surface area (Å²) in [6.07, 6.45) is -0.697. The summed E-state index contributed by atoms with van der Waals surface area (Å²) in [6.45, 7) is 9.35. The number of thiazole rings is 1. The number of carbonyl (C=O) groups excluding carboxylic acids is 1. The summed E-state index contributed by atoms with van der Waals surface area (Å²) in [5.41, 5.74) is -1.17. The molecule has 0 radical (unpaired) electrons. The third-order valence-corrected chi connectivity index (χ3v) is 8.25. The number of hydrogen-bond donors (Lipinski definition) is 2. The van der Waals surface area contributed by atoms with Crippen molar-refractivity contribution in [1.29, 1.82) is 0 Å². The molecule has 1 saturated carbocycles. The van der Waals surface area contributed by atoms with Crippen molar-refractivity contribution in [3.05, 3.63) is 58.0 Å². The topological polar surface area (TPSA) is 105 Å². The second kappa shape index (κ2) is 13.5. The minimum absolute atomic E-state index is 0.0673. The number of rotatable bonds is 10. The van der Waals surface area contributed by atoms with Gasteiger partial charge in [0.25, 0.3) is 0 Å². The molecule has 8 nitrogen and oxygen atoms in total. The van der Waals surface area contributed by atoms with Gasteiger partial charge in [0.1, 0.15) is 5.56 Å². The molecule has 0 saturated heterocycles. The van der Waals surface area contributed by atoms with Gasteiger partial charge in [-0.3, -0.25) is 4.79 Å². The Bertz CT molecular complexity index is 1500. The van der Waals surface area contributed by atoms with Crippen LogP contribution in [0.2, 0.25) is 0 Å². The number of halogens is 4. The molecule has 0 atom stereocenters. The molecule has 0 aliphatic heterocycles. The highest BCUT2D eigenvalue weighted by Gasteiger charge is 2.37. The lowest BCUT2D eigenvalue weighted by atomic mass is 9.82. The number of nitrogens with zero attached hydrogens (tertiary/aromatic N) is 3. The highest BCUT2D eigenvalue weighted by Crippen LogP contribution is 2.40. The number of nitrogens with one attached hydrogen (secondary N) is 1. The van der Waals surface area contributed by atoms with E-state index in [1.807, 2.05) is 13.8 Å². The first-order valence-electron chi connectivity index (χ1n) is 14.5. The van der Waals surface area contributed by atoms with Crippen LogP contribution in [0, 0.1) is 17.7 Å². The number of carbonyl (C=O) groups is 2. The molecule has 2 heterocycles. The maximum atomic E-state index is 15.5. The van der Waals surface area contributed by atoms with Gasteiger partial charge < -0.3 is 20.1 Å². The van der Waals surface area contributed by atoms with Crippen LogP contribution in [0.4, 0.5) is 28.4 Å². The van der Waals surface area contributed by atoms with Crippen molar-refractivity contribution < 1.29 is 37.0 Å². The van der Waals surface area contributed by atoms with E-state index in [9.17, 15) is 27.9 Å². The summed E-state index contributed by atoms with van der Waals surface area (Å²) in [6, 6.07) is 2.11. The molecule has 4 rings (SSSR count). The first-order chi connectivity index (χ1) is 20.6. The van der Waals surface area contributed by atoms with Crippen molar-refractivity contribution in [2.45, 2.75) is 85.0 Å². The number of carboxylic acids is 1. The fraction of sp³-hybridized carbons (Fsp3) is 0.484. The number of pyridine rings is 1. The Morgan fingerprint density at radius 1 is 1.14 bits per heavy atom. The van der Waals surface area contributed by atoms with Crippen LogP contribution in [-0.4, -0.2) is 39.0 Å². The van der Waals surface area contributed by atoms with Gasteiger partial charge in [0.05, 0.1) is 16.9 Å². The fourth-order valence-corrected chi connectivity index (χ4v) is 6.10. The highest BCUT2D eigenvalue weighted by molar-refractivity contribution is 7.13. The second-order valence-electron chi connectivity index (χ2n) is 11.8. The number of aromatic carboxylic acids is 1. The van der Waals surface area contributed by atoms with E-state index in [0.29, 0.717) is 29.6 Å². The van der Waals surface area contributed by atoms with Gasteiger partial charge in [0.2, 0.25) is 11.8 Å². The van der Waals surface area contributed by atoms with E-state index in [4.69, 9.17) is 4.74 Å². The number of carboxylic acid groups (broad SMARTS) is 1. The Labute approximate surface area is 257 Å². The molecule has 1 aromatic carbocycles. The molecule has 238 valence electrons. The average Bonchev–Trinajstić information content (AvgIpc) is 3.36. The molecular formula is C31H36F4N4O4S. The fourth-order valence-electron chi connectivity index (χ4n) is 5.24. The van der Waals surface area contributed by atoms with E-state index in [-0.39, 0.29) is 35.5 Å². The number of anilines is 2. The van der Waals surface area contributed by atoms with Crippen LogP contribution >= 0.6 is 11.3 Å². The average molecular weight is 637 g/mol. The molecule has 0 unspecified atom stereocenters. The zero-order chi connectivity index (χ0) is 32.3. The van der Waals surface area contributed by atoms with Gasteiger partial charge in [-0.05, 0) is 70.9 Å². The largest absolute Gasteiger partial charge is 0.478 e. The SMILES string of the molecule is CC(C)Nc1nc(Cc2cnc(Oc3cc(C(=O)O)c(N(C(=O)[C@H]4CC[C@H](C)CC4)C(C)C)cc3F)c(C(F)(F)F)c2)cs1. The Balaban J connectivity index is 1.66. The first kappa shape index (κ1) is 33.2. The maximum Gasteiger partial charge on any atom is 0.421 e. The summed E-state index contributed by atoms with van der Waals surface area (Å²) in [4.78, 5) is 35.3. The molecule has 1 amide bonds. The molecular weight excluding hydrogens is 600 g/mol. The quantitative estimate of drug-likeness (QED) is 0.216. The second-order valence-corrected chi connectivity index (χ2v) is 12.6. The van der Waals surface area contributed by atoms with Crippen LogP contribution in [0.3, 0.4) is 0 Å². The molecule has 13 heteroatoms. The molecule has 1 aliphatic carbocycles. The smallest absolute Gasteiger partial charge is 0.421 e. The summed E-state index contributed by atoms with van der Waals surface area (Å²) < 4.78 is 63.1. The van der Waals surface area contributed by atoms with Crippen molar-refractivity contribution in [1.82, 2.24) is 9.97 Å². The molecule has 1 fully saturated rings. The third-order valence-electron chi connectivity index (χ3n) is 7.43. The lowest BCUT2D eigenvalue weighted by molar-refractivity contribution is -0.139.